The minimum absolute atomic E-state index is 0.180. The maximum Gasteiger partial charge on any atom is 0.229 e. The zero-order valence-electron chi connectivity index (χ0n) is 14.3. The molecule has 1 aromatic carbocycles. The van der Waals surface area contributed by atoms with E-state index in [4.69, 9.17) is 9.47 Å². The number of amides is 1. The smallest absolute Gasteiger partial charge is 0.229 e. The molecule has 0 saturated carbocycles. The molecule has 1 amide bonds. The van der Waals surface area contributed by atoms with Crippen LogP contribution in [0.5, 0.6) is 11.5 Å². The van der Waals surface area contributed by atoms with Gasteiger partial charge in [0.25, 0.3) is 0 Å². The first kappa shape index (κ1) is 17.5. The van der Waals surface area contributed by atoms with Crippen molar-refractivity contribution in [2.75, 3.05) is 24.9 Å². The van der Waals surface area contributed by atoms with Gasteiger partial charge in [-0.25, -0.2) is 0 Å². The fourth-order valence-corrected chi connectivity index (χ4v) is 2.13. The van der Waals surface area contributed by atoms with E-state index in [0.29, 0.717) is 23.1 Å². The Hall–Kier alpha value is -2.83. The highest BCUT2D eigenvalue weighted by Crippen LogP contribution is 2.27. The maximum absolute atomic E-state index is 12.1. The number of methoxy groups -OCH3 is 2. The normalized spacial score (nSPS) is 10.4. The van der Waals surface area contributed by atoms with Crippen molar-refractivity contribution in [3.8, 4) is 11.5 Å². The van der Waals surface area contributed by atoms with Crippen molar-refractivity contribution < 1.29 is 14.3 Å². The number of hydrogen-bond donors (Lipinski definition) is 2. The number of aromatic nitrogens is 2. The SMILES string of the molecule is COc1ccc(CC(=O)Nc2ccc(NC(C)C)nn2)cc1OC. The molecule has 1 aromatic heterocycles. The lowest BCUT2D eigenvalue weighted by Crippen LogP contribution is -2.16. The molecule has 0 unspecified atom stereocenters. The van der Waals surface area contributed by atoms with Gasteiger partial charge in [-0.3, -0.25) is 4.79 Å². The molecule has 0 spiro atoms. The standard InChI is InChI=1S/C17H22N4O3/c1-11(2)18-15-7-8-16(21-20-15)19-17(22)10-12-5-6-13(23-3)14(9-12)24-4/h5-9,11H,10H2,1-4H3,(H,18,20)(H,19,21,22). The predicted molar refractivity (Wildman–Crippen MR) is 92.7 cm³/mol. The lowest BCUT2D eigenvalue weighted by atomic mass is 10.1. The second kappa shape index (κ2) is 8.14. The van der Waals surface area contributed by atoms with Gasteiger partial charge in [-0.1, -0.05) is 6.07 Å². The molecule has 2 rings (SSSR count). The van der Waals surface area contributed by atoms with Crippen LogP contribution in [0.1, 0.15) is 19.4 Å². The molecule has 0 radical (unpaired) electrons. The lowest BCUT2D eigenvalue weighted by Gasteiger charge is -2.10. The van der Waals surface area contributed by atoms with E-state index in [1.807, 2.05) is 19.9 Å². The average molecular weight is 330 g/mol. The first-order chi connectivity index (χ1) is 11.5. The Bertz CT molecular complexity index is 687. The Labute approximate surface area is 141 Å². The molecule has 0 fully saturated rings. The molecule has 0 bridgehead atoms. The molecular weight excluding hydrogens is 308 g/mol. The highest BCUT2D eigenvalue weighted by molar-refractivity contribution is 5.91. The highest BCUT2D eigenvalue weighted by Gasteiger charge is 2.09. The fourth-order valence-electron chi connectivity index (χ4n) is 2.13. The quantitative estimate of drug-likeness (QED) is 0.811. The average Bonchev–Trinajstić information content (AvgIpc) is 2.56. The first-order valence-electron chi connectivity index (χ1n) is 7.63. The van der Waals surface area contributed by atoms with Crippen molar-refractivity contribution in [3.63, 3.8) is 0 Å². The van der Waals surface area contributed by atoms with E-state index in [2.05, 4.69) is 20.8 Å². The monoisotopic (exact) mass is 330 g/mol. The third kappa shape index (κ3) is 4.84. The van der Waals surface area contributed by atoms with Crippen LogP contribution in [0.15, 0.2) is 30.3 Å². The van der Waals surface area contributed by atoms with Crippen LogP contribution in [0.3, 0.4) is 0 Å². The molecule has 0 atom stereocenters. The van der Waals surface area contributed by atoms with Crippen LogP contribution in [-0.2, 0) is 11.2 Å². The molecule has 0 aliphatic carbocycles. The van der Waals surface area contributed by atoms with Crippen molar-refractivity contribution >= 4 is 17.5 Å². The van der Waals surface area contributed by atoms with E-state index in [1.54, 1.807) is 38.5 Å². The second-order valence-electron chi connectivity index (χ2n) is 5.52. The Kier molecular flexibility index (Phi) is 5.95. The fraction of sp³-hybridized carbons (Fsp3) is 0.353. The molecule has 7 heteroatoms. The van der Waals surface area contributed by atoms with Crippen molar-refractivity contribution in [1.82, 2.24) is 10.2 Å². The molecule has 24 heavy (non-hydrogen) atoms. The third-order valence-electron chi connectivity index (χ3n) is 3.18. The van der Waals surface area contributed by atoms with Gasteiger partial charge in [-0.05, 0) is 43.7 Å². The Balaban J connectivity index is 1.98. The number of carbonyl (C=O) groups is 1. The molecule has 0 saturated heterocycles. The van der Waals surface area contributed by atoms with E-state index in [9.17, 15) is 4.79 Å². The Morgan fingerprint density at radius 1 is 1.04 bits per heavy atom. The van der Waals surface area contributed by atoms with Crippen LogP contribution in [0, 0.1) is 0 Å². The van der Waals surface area contributed by atoms with Gasteiger partial charge in [0, 0.05) is 6.04 Å². The zero-order chi connectivity index (χ0) is 17.5. The first-order valence-corrected chi connectivity index (χ1v) is 7.63. The summed E-state index contributed by atoms with van der Waals surface area (Å²) in [4.78, 5) is 12.1. The molecule has 1 heterocycles. The van der Waals surface area contributed by atoms with Gasteiger partial charge in [-0.15, -0.1) is 10.2 Å². The number of nitrogens with one attached hydrogen (secondary N) is 2. The van der Waals surface area contributed by atoms with Crippen LogP contribution in [0.2, 0.25) is 0 Å². The van der Waals surface area contributed by atoms with Gasteiger partial charge in [0.2, 0.25) is 5.91 Å². The summed E-state index contributed by atoms with van der Waals surface area (Å²) in [5, 5.41) is 13.9. The Morgan fingerprint density at radius 3 is 2.29 bits per heavy atom. The molecule has 0 aliphatic heterocycles. The van der Waals surface area contributed by atoms with Crippen LogP contribution >= 0.6 is 0 Å². The van der Waals surface area contributed by atoms with Crippen LogP contribution in [-0.4, -0.2) is 36.4 Å². The summed E-state index contributed by atoms with van der Waals surface area (Å²) in [6.07, 6.45) is 0.202. The second-order valence-corrected chi connectivity index (χ2v) is 5.52. The molecule has 128 valence electrons. The summed E-state index contributed by atoms with van der Waals surface area (Å²) in [6.45, 7) is 4.03. The summed E-state index contributed by atoms with van der Waals surface area (Å²) in [6, 6.07) is 9.13. The van der Waals surface area contributed by atoms with E-state index in [0.717, 1.165) is 5.56 Å². The van der Waals surface area contributed by atoms with Gasteiger partial charge in [0.05, 0.1) is 20.6 Å². The van der Waals surface area contributed by atoms with Gasteiger partial charge in [-0.2, -0.15) is 0 Å². The number of carbonyl (C=O) groups excluding carboxylic acids is 1. The summed E-state index contributed by atoms with van der Waals surface area (Å²) in [5.74, 6) is 2.12. The summed E-state index contributed by atoms with van der Waals surface area (Å²) >= 11 is 0. The largest absolute Gasteiger partial charge is 0.493 e. The number of nitrogens with zero attached hydrogens (tertiary/aromatic N) is 2. The molecule has 2 N–H and O–H groups in total. The van der Waals surface area contributed by atoms with Crippen molar-refractivity contribution in [2.24, 2.45) is 0 Å². The number of anilines is 2. The van der Waals surface area contributed by atoms with Crippen molar-refractivity contribution in [2.45, 2.75) is 26.3 Å². The number of ether oxygens (including phenoxy) is 2. The minimum atomic E-state index is -0.180. The number of benzene rings is 1. The van der Waals surface area contributed by atoms with E-state index >= 15 is 0 Å². The molecular formula is C17H22N4O3. The van der Waals surface area contributed by atoms with E-state index < -0.39 is 0 Å². The van der Waals surface area contributed by atoms with Gasteiger partial charge < -0.3 is 20.1 Å². The Morgan fingerprint density at radius 2 is 1.71 bits per heavy atom. The van der Waals surface area contributed by atoms with Crippen LogP contribution in [0.4, 0.5) is 11.6 Å². The molecule has 2 aromatic rings. The predicted octanol–water partition coefficient (Wildman–Crippen LogP) is 2.50. The van der Waals surface area contributed by atoms with Crippen molar-refractivity contribution in [1.29, 1.82) is 0 Å². The topological polar surface area (TPSA) is 85.4 Å². The van der Waals surface area contributed by atoms with Crippen LogP contribution < -0.4 is 20.1 Å². The maximum atomic E-state index is 12.1. The summed E-state index contributed by atoms with van der Waals surface area (Å²) in [7, 11) is 3.13. The van der Waals surface area contributed by atoms with E-state index in [1.165, 1.54) is 0 Å². The van der Waals surface area contributed by atoms with Gasteiger partial charge >= 0.3 is 0 Å². The van der Waals surface area contributed by atoms with Crippen LogP contribution in [0.25, 0.3) is 0 Å². The number of hydrogen-bond acceptors (Lipinski definition) is 6. The minimum Gasteiger partial charge on any atom is -0.493 e. The molecule has 7 nitrogen and oxygen atoms in total. The van der Waals surface area contributed by atoms with E-state index in [-0.39, 0.29) is 18.4 Å². The third-order valence-corrected chi connectivity index (χ3v) is 3.18. The van der Waals surface area contributed by atoms with Gasteiger partial charge in [0.1, 0.15) is 5.82 Å². The summed E-state index contributed by atoms with van der Waals surface area (Å²) in [5.41, 5.74) is 0.816. The number of rotatable bonds is 7. The zero-order valence-corrected chi connectivity index (χ0v) is 14.3. The summed E-state index contributed by atoms with van der Waals surface area (Å²) < 4.78 is 10.4. The van der Waals surface area contributed by atoms with Gasteiger partial charge in [0.15, 0.2) is 17.3 Å². The van der Waals surface area contributed by atoms with Crippen molar-refractivity contribution in [3.05, 3.63) is 35.9 Å². The highest BCUT2D eigenvalue weighted by atomic mass is 16.5. The lowest BCUT2D eigenvalue weighted by molar-refractivity contribution is -0.115. The molecule has 0 aliphatic rings.